The highest BCUT2D eigenvalue weighted by molar-refractivity contribution is 9.10. The van der Waals surface area contributed by atoms with Gasteiger partial charge < -0.3 is 50.1 Å². The van der Waals surface area contributed by atoms with Crippen molar-refractivity contribution in [1.29, 1.82) is 0 Å². The maximum Gasteiger partial charge on any atom is 0.412 e. The van der Waals surface area contributed by atoms with Gasteiger partial charge in [0.15, 0.2) is 5.78 Å². The van der Waals surface area contributed by atoms with Crippen molar-refractivity contribution in [2.45, 2.75) is 173 Å². The van der Waals surface area contributed by atoms with Crippen LogP contribution >= 0.6 is 43.5 Å². The molecule has 2 fully saturated rings. The number of nitrogens with zero attached hydrogens (tertiary/aromatic N) is 1. The van der Waals surface area contributed by atoms with E-state index in [2.05, 4.69) is 54.4 Å². The molecule has 3 heterocycles. The normalized spacial score (nSPS) is 25.0. The molecule has 5 rings (SSSR count). The van der Waals surface area contributed by atoms with Crippen LogP contribution in [0.4, 0.5) is 21.0 Å². The number of primary amides is 1. The monoisotopic (exact) mass is 1290 g/mol. The van der Waals surface area contributed by atoms with E-state index in [0.29, 0.717) is 63.8 Å². The quantitative estimate of drug-likeness (QED) is 0.0173. The lowest BCUT2D eigenvalue weighted by atomic mass is 9.78. The number of hydrogen-bond donors (Lipinski definition) is 5. The zero-order chi connectivity index (χ0) is 60.8. The number of alkyl halides is 1. The minimum absolute atomic E-state index is 0.0135. The first-order chi connectivity index (χ1) is 38.6. The van der Waals surface area contributed by atoms with Gasteiger partial charge in [0, 0.05) is 73.6 Å². The Labute approximate surface area is 502 Å². The van der Waals surface area contributed by atoms with E-state index < -0.39 is 89.4 Å². The van der Waals surface area contributed by atoms with Gasteiger partial charge in [0.05, 0.1) is 47.5 Å². The van der Waals surface area contributed by atoms with E-state index in [9.17, 15) is 43.5 Å². The number of hydrogen-bond acceptors (Lipinski definition) is 14. The molecule has 5 amide bonds. The molecule has 10 atom stereocenters. The molecule has 3 aliphatic rings. The number of carbonyl (C=O) groups is 8. The summed E-state index contributed by atoms with van der Waals surface area (Å²) < 4.78 is 29.8. The first kappa shape index (κ1) is 67.3. The summed E-state index contributed by atoms with van der Waals surface area (Å²) in [7, 11) is 3.05. The van der Waals surface area contributed by atoms with E-state index >= 15 is 0 Å². The summed E-state index contributed by atoms with van der Waals surface area (Å²) in [5.41, 5.74) is 6.49. The Morgan fingerprint density at radius 2 is 1.77 bits per heavy atom. The number of carbonyl (C=O) groups excluding carboxylic acids is 8. The Balaban J connectivity index is 1.31. The third-order valence-electron chi connectivity index (χ3n) is 15.4. The number of nitrogens with two attached hydrogens (primary N) is 1. The van der Waals surface area contributed by atoms with Crippen LogP contribution in [0.3, 0.4) is 0 Å². The summed E-state index contributed by atoms with van der Waals surface area (Å²) in [6.07, 6.45) is 2.51. The van der Waals surface area contributed by atoms with Crippen LogP contribution in [0.1, 0.15) is 122 Å². The number of epoxide rings is 1. The molecule has 1 unspecified atom stereocenters. The van der Waals surface area contributed by atoms with Crippen LogP contribution in [0.15, 0.2) is 70.8 Å². The van der Waals surface area contributed by atoms with Crippen molar-refractivity contribution in [3.05, 3.63) is 92.5 Å². The average molecular weight is 1290 g/mol. The Bertz CT molecular complexity index is 2770. The third kappa shape index (κ3) is 18.8. The summed E-state index contributed by atoms with van der Waals surface area (Å²) in [6.45, 7) is 16.6. The van der Waals surface area contributed by atoms with Gasteiger partial charge in [-0.15, -0.1) is 0 Å². The second kappa shape index (κ2) is 30.4. The molecular weight excluding hydrogens is 1210 g/mol. The van der Waals surface area contributed by atoms with Gasteiger partial charge >= 0.3 is 24.1 Å². The number of unbranched alkanes of at least 4 members (excludes halogenated alkanes) is 1. The first-order valence-electron chi connectivity index (χ1n) is 27.7. The number of benzene rings is 2. The molecule has 0 spiro atoms. The number of nitrogens with one attached hydrogen (secondary N) is 3. The number of ether oxygens (including phenoxy) is 5. The number of Topliss-reactive ketones (excluding diaryl/α,β-unsaturated/α-hetero) is 2. The van der Waals surface area contributed by atoms with Crippen LogP contribution in [0.25, 0.3) is 0 Å². The molecule has 2 aromatic rings. The first-order valence-corrected chi connectivity index (χ1v) is 30.0. The van der Waals surface area contributed by atoms with Gasteiger partial charge in [-0.25, -0.2) is 14.4 Å². The molecule has 2 aromatic carbocycles. The van der Waals surface area contributed by atoms with Crippen LogP contribution < -0.4 is 26.6 Å². The lowest BCUT2D eigenvalue weighted by Crippen LogP contribution is -2.53. The smallest absolute Gasteiger partial charge is 0.412 e. The number of urea groups is 1. The van der Waals surface area contributed by atoms with Gasteiger partial charge in [0.2, 0.25) is 11.8 Å². The zero-order valence-electron chi connectivity index (χ0n) is 48.3. The second-order valence-electron chi connectivity index (χ2n) is 22.5. The summed E-state index contributed by atoms with van der Waals surface area (Å²) in [6, 6.07) is 6.86. The van der Waals surface area contributed by atoms with Crippen molar-refractivity contribution < 1.29 is 67.1 Å². The number of anilines is 2. The molecule has 0 aliphatic carbocycles. The van der Waals surface area contributed by atoms with E-state index in [1.54, 1.807) is 58.2 Å². The van der Waals surface area contributed by atoms with E-state index in [-0.39, 0.29) is 80.8 Å². The molecule has 0 aromatic heterocycles. The van der Waals surface area contributed by atoms with Crippen LogP contribution in [0, 0.1) is 24.7 Å². The van der Waals surface area contributed by atoms with Gasteiger partial charge in [0.25, 0.3) is 0 Å². The summed E-state index contributed by atoms with van der Waals surface area (Å²) in [5.74, 6) is -4.00. The van der Waals surface area contributed by atoms with Gasteiger partial charge in [-0.1, -0.05) is 90.8 Å². The number of esters is 2. The Hall–Kier alpha value is -5.45. The fourth-order valence-corrected chi connectivity index (χ4v) is 11.5. The number of aliphatic hydroxyl groups is 1. The predicted molar refractivity (Wildman–Crippen MR) is 319 cm³/mol. The lowest BCUT2D eigenvalue weighted by molar-refractivity contribution is -0.187. The highest BCUT2D eigenvalue weighted by Gasteiger charge is 2.64. The van der Waals surface area contributed by atoms with Crippen LogP contribution in [-0.2, 0) is 65.3 Å². The second-order valence-corrected chi connectivity index (χ2v) is 24.3. The van der Waals surface area contributed by atoms with Crippen LogP contribution in [0.2, 0.25) is 5.02 Å². The molecule has 4 bridgehead atoms. The molecular formula is C60H80Br2ClN5O14. The molecule has 2 saturated heterocycles. The van der Waals surface area contributed by atoms with E-state index in [1.807, 2.05) is 45.9 Å². The molecule has 19 nitrogen and oxygen atoms in total. The van der Waals surface area contributed by atoms with Crippen molar-refractivity contribution in [2.24, 2.45) is 23.5 Å². The van der Waals surface area contributed by atoms with Gasteiger partial charge in [-0.3, -0.25) is 29.3 Å². The number of fused-ring (bicyclic) bond motifs is 5. The number of ketones is 2. The molecule has 0 radical (unpaired) electrons. The van der Waals surface area contributed by atoms with Gasteiger partial charge in [0.1, 0.15) is 35.3 Å². The lowest BCUT2D eigenvalue weighted by Gasteiger charge is -2.41. The number of rotatable bonds is 23. The molecule has 82 heavy (non-hydrogen) atoms. The zero-order valence-corrected chi connectivity index (χ0v) is 52.3. The Kier molecular flexibility index (Phi) is 25.0. The maximum absolute atomic E-state index is 14.4. The number of halogens is 3. The highest BCUT2D eigenvalue weighted by Crippen LogP contribution is 2.50. The van der Waals surface area contributed by atoms with Crippen molar-refractivity contribution in [3.8, 4) is 0 Å². The number of aryl methyl sites for hydroxylation is 1. The summed E-state index contributed by atoms with van der Waals surface area (Å²) >= 11 is 13.6. The van der Waals surface area contributed by atoms with Crippen molar-refractivity contribution in [2.75, 3.05) is 36.2 Å². The minimum Gasteiger partial charge on any atom is -0.462 e. The Morgan fingerprint density at radius 3 is 2.43 bits per heavy atom. The van der Waals surface area contributed by atoms with E-state index in [1.165, 1.54) is 12.0 Å². The third-order valence-corrected chi connectivity index (χ3v) is 17.3. The van der Waals surface area contributed by atoms with Crippen LogP contribution in [-0.4, -0.2) is 126 Å². The summed E-state index contributed by atoms with van der Waals surface area (Å²) in [5, 5.41) is 20.8. The van der Waals surface area contributed by atoms with Crippen LogP contribution in [0.5, 0.6) is 0 Å². The van der Waals surface area contributed by atoms with E-state index in [4.69, 9.17) is 41.0 Å². The molecule has 6 N–H and O–H groups in total. The minimum atomic E-state index is -1.63. The predicted octanol–water partition coefficient (Wildman–Crippen LogP) is 9.40. The van der Waals surface area contributed by atoms with Crippen molar-refractivity contribution in [3.63, 3.8) is 0 Å². The number of allylic oxidation sites excluding steroid dienone is 3. The fourth-order valence-electron chi connectivity index (χ4n) is 10.5. The Morgan fingerprint density at radius 1 is 1.05 bits per heavy atom. The topological polar surface area (TPSA) is 272 Å². The maximum atomic E-state index is 14.4. The largest absolute Gasteiger partial charge is 0.462 e. The van der Waals surface area contributed by atoms with Crippen molar-refractivity contribution in [1.82, 2.24) is 10.6 Å². The number of amides is 5. The van der Waals surface area contributed by atoms with Gasteiger partial charge in [-0.2, -0.15) is 0 Å². The van der Waals surface area contributed by atoms with Gasteiger partial charge in [-0.05, 0) is 123 Å². The van der Waals surface area contributed by atoms with Crippen molar-refractivity contribution >= 4 is 102 Å². The average Bonchev–Trinajstić information content (AvgIpc) is 4.15. The standard InChI is InChI=1S/C60H80Br2ClN5O14/c1-33(2)42(28-41(69)17-12-11-16-37(6)79-56(74)36(5)32-61)55(73)66-45(18-14-22-65-57(64)75)47(70)27-39-20-21-44(43(62)25-39)67-58(76)81-50-29-51(71)68(9)46-26-40(24-35(4)53(46)63)23-34(3)15-13-19-49(78-10)60(77)30-48(80-52(72)31-60)38(7)54-59(50,8)82-54/h13,15,19-21,24-26,33,37-38,42,45,48-50,54,77H,5,11-12,14,16-18,22-23,27-32H2,1-4,6-10H3,(H,66,73)(H,67,76)(H3,64,65,75)/b19-13+,34-15+/t37?,38-,42+,45+,48+,49-,50+,54+,59+,60-/m1/s1. The SMILES string of the molecule is C=C(CBr)C(=O)OC(C)CCCCC(=O)C[C@H](C(=O)N[C@@H](CCCNC(N)=O)C(=O)Cc1ccc(NC(=O)O[C@H]2CC(=O)N(C)c3cc(cc(C)c3Cl)C/C(C)=C/C=C/[C@@H](OC)[C@]3(O)CC(=O)O[C@@H](C3)[C@@H](C)[C@@H]3O[C@@]23C)c(Br)c1)C(C)C. The fraction of sp³-hybridized carbons (Fsp3) is 0.567. The molecule has 22 heteroatoms. The molecule has 0 saturated carbocycles. The molecule has 3 aliphatic heterocycles. The molecule has 450 valence electrons. The highest BCUT2D eigenvalue weighted by atomic mass is 79.9. The van der Waals surface area contributed by atoms with E-state index in [0.717, 1.165) is 16.7 Å². The number of methoxy groups -OCH3 is 1. The summed E-state index contributed by atoms with van der Waals surface area (Å²) in [4.78, 5) is 108.